The Morgan fingerprint density at radius 1 is 1.19 bits per heavy atom. The van der Waals surface area contributed by atoms with Gasteiger partial charge >= 0.3 is 0 Å². The molecule has 37 heavy (non-hydrogen) atoms. The Kier molecular flexibility index (Phi) is 10.9. The number of pyridine rings is 1. The molecule has 2 aromatic rings. The fourth-order valence-corrected chi connectivity index (χ4v) is 4.95. The van der Waals surface area contributed by atoms with Crippen LogP contribution in [0.25, 0.3) is 0 Å². The highest BCUT2D eigenvalue weighted by atomic mass is 32.1. The van der Waals surface area contributed by atoms with Gasteiger partial charge in [-0.05, 0) is 49.3 Å². The third kappa shape index (κ3) is 8.00. The molecule has 3 rings (SSSR count). The van der Waals surface area contributed by atoms with Crippen molar-refractivity contribution < 1.29 is 19.1 Å². The molecule has 4 atom stereocenters. The van der Waals surface area contributed by atoms with Crippen molar-refractivity contribution in [3.8, 4) is 5.75 Å². The zero-order valence-corrected chi connectivity index (χ0v) is 23.0. The molecule has 9 nitrogen and oxygen atoms in total. The van der Waals surface area contributed by atoms with Gasteiger partial charge in [-0.2, -0.15) is 0 Å². The highest BCUT2D eigenvalue weighted by Gasteiger charge is 2.32. The van der Waals surface area contributed by atoms with Crippen molar-refractivity contribution in [2.24, 2.45) is 5.92 Å². The van der Waals surface area contributed by atoms with E-state index in [2.05, 4.69) is 20.9 Å². The van der Waals surface area contributed by atoms with Gasteiger partial charge in [0.15, 0.2) is 0 Å². The fourth-order valence-electron chi connectivity index (χ4n) is 4.19. The Labute approximate surface area is 223 Å². The Bertz CT molecular complexity index is 1030. The summed E-state index contributed by atoms with van der Waals surface area (Å²) in [4.78, 5) is 46.7. The van der Waals surface area contributed by atoms with E-state index in [1.807, 2.05) is 43.5 Å². The van der Waals surface area contributed by atoms with E-state index in [9.17, 15) is 14.4 Å². The van der Waals surface area contributed by atoms with Gasteiger partial charge < -0.3 is 25.6 Å². The maximum Gasteiger partial charge on any atom is 0.243 e. The van der Waals surface area contributed by atoms with E-state index in [1.165, 1.54) is 16.2 Å². The van der Waals surface area contributed by atoms with Crippen LogP contribution in [0, 0.1) is 5.92 Å². The number of hydrogen-bond acceptors (Lipinski definition) is 7. The van der Waals surface area contributed by atoms with Crippen LogP contribution in [0.3, 0.4) is 0 Å². The molecular weight excluding hydrogens is 490 g/mol. The lowest BCUT2D eigenvalue weighted by molar-refractivity contribution is -0.141. The summed E-state index contributed by atoms with van der Waals surface area (Å²) in [5, 5.41) is 11.1. The third-order valence-electron chi connectivity index (χ3n) is 6.87. The van der Waals surface area contributed by atoms with E-state index in [4.69, 9.17) is 4.74 Å². The number of aromatic nitrogens is 1. The van der Waals surface area contributed by atoms with E-state index in [-0.39, 0.29) is 23.6 Å². The molecule has 0 fully saturated rings. The molecule has 0 radical (unpaired) electrons. The van der Waals surface area contributed by atoms with Crippen molar-refractivity contribution in [2.45, 2.75) is 64.6 Å². The fraction of sp³-hybridized carbons (Fsp3) is 0.556. The van der Waals surface area contributed by atoms with Crippen LogP contribution in [-0.2, 0) is 27.2 Å². The molecule has 3 amide bonds. The first-order valence-corrected chi connectivity index (χ1v) is 13.9. The van der Waals surface area contributed by atoms with Crippen molar-refractivity contribution in [1.29, 1.82) is 0 Å². The van der Waals surface area contributed by atoms with Crippen LogP contribution >= 0.6 is 11.3 Å². The SMILES string of the molecule is CCC(C)[C@@H]1NCCOc2cccnc2CCCNC(=O)[C@@H](Cc2cccs2)NC(=O)[C@@H](C)N(C)C1=O. The highest BCUT2D eigenvalue weighted by Crippen LogP contribution is 2.18. The standard InChI is InChI=1S/C27H39N5O4S/c1-5-18(2)24-27(35)32(4)19(3)25(33)31-22(17-20-9-8-16-37-20)26(34)30-13-6-10-21-23(11-7-12-28-21)36-15-14-29-24/h7-9,11-12,16,18-19,22,24,29H,5-6,10,13-15,17H2,1-4H3,(H,30,34)(H,31,33)/t18?,19-,22-,24+/m1/s1. The van der Waals surface area contributed by atoms with E-state index in [0.717, 1.165) is 17.0 Å². The number of fused-ring (bicyclic) bond motifs is 1. The number of nitrogens with zero attached hydrogens (tertiary/aromatic N) is 2. The normalized spacial score (nSPS) is 23.6. The lowest BCUT2D eigenvalue weighted by atomic mass is 9.97. The number of hydrogen-bond donors (Lipinski definition) is 3. The van der Waals surface area contributed by atoms with Gasteiger partial charge in [0.05, 0.1) is 11.7 Å². The number of amides is 3. The molecule has 10 heteroatoms. The summed E-state index contributed by atoms with van der Waals surface area (Å²) < 4.78 is 5.99. The van der Waals surface area contributed by atoms with Crippen molar-refractivity contribution in [3.05, 3.63) is 46.4 Å². The molecule has 2 aromatic heterocycles. The predicted molar refractivity (Wildman–Crippen MR) is 144 cm³/mol. The Balaban J connectivity index is 1.84. The van der Waals surface area contributed by atoms with E-state index in [0.29, 0.717) is 44.7 Å². The Morgan fingerprint density at radius 3 is 2.73 bits per heavy atom. The summed E-state index contributed by atoms with van der Waals surface area (Å²) >= 11 is 1.54. The van der Waals surface area contributed by atoms with Crippen molar-refractivity contribution >= 4 is 29.1 Å². The van der Waals surface area contributed by atoms with Crippen LogP contribution in [0.1, 0.15) is 44.2 Å². The Hall–Kier alpha value is -2.98. The summed E-state index contributed by atoms with van der Waals surface area (Å²) in [6, 6.07) is 5.63. The van der Waals surface area contributed by atoms with Crippen molar-refractivity contribution in [3.63, 3.8) is 0 Å². The van der Waals surface area contributed by atoms with Crippen molar-refractivity contribution in [2.75, 3.05) is 26.7 Å². The van der Waals surface area contributed by atoms with E-state index in [1.54, 1.807) is 20.2 Å². The number of rotatable bonds is 4. The van der Waals surface area contributed by atoms with Gasteiger partial charge in [-0.25, -0.2) is 0 Å². The lowest BCUT2D eigenvalue weighted by Crippen LogP contribution is -2.57. The average molecular weight is 530 g/mol. The molecule has 1 aliphatic rings. The number of nitrogens with one attached hydrogen (secondary N) is 3. The summed E-state index contributed by atoms with van der Waals surface area (Å²) in [7, 11) is 1.63. The van der Waals surface area contributed by atoms with Crippen molar-refractivity contribution in [1.82, 2.24) is 25.8 Å². The second-order valence-corrected chi connectivity index (χ2v) is 10.5. The monoisotopic (exact) mass is 529 g/mol. The molecule has 0 aliphatic carbocycles. The second-order valence-electron chi connectivity index (χ2n) is 9.48. The number of carbonyl (C=O) groups is 3. The van der Waals surface area contributed by atoms with Crippen LogP contribution in [0.5, 0.6) is 5.75 Å². The second kappa shape index (κ2) is 14.1. The molecule has 0 aromatic carbocycles. The predicted octanol–water partition coefficient (Wildman–Crippen LogP) is 2.16. The van der Waals surface area contributed by atoms with Gasteiger partial charge in [0.2, 0.25) is 17.7 Å². The van der Waals surface area contributed by atoms with Crippen LogP contribution in [-0.4, -0.2) is 72.5 Å². The number of aryl methyl sites for hydroxylation is 1. The quantitative estimate of drug-likeness (QED) is 0.560. The molecule has 0 saturated carbocycles. The summed E-state index contributed by atoms with van der Waals surface area (Å²) in [5.41, 5.74) is 0.824. The maximum atomic E-state index is 13.5. The number of ether oxygens (including phenoxy) is 1. The number of carbonyl (C=O) groups excluding carboxylic acids is 3. The van der Waals surface area contributed by atoms with Crippen LogP contribution in [0.2, 0.25) is 0 Å². The van der Waals surface area contributed by atoms with E-state index < -0.39 is 18.1 Å². The van der Waals surface area contributed by atoms with Gasteiger partial charge in [-0.15, -0.1) is 11.3 Å². The molecule has 3 N–H and O–H groups in total. The topological polar surface area (TPSA) is 113 Å². The highest BCUT2D eigenvalue weighted by molar-refractivity contribution is 7.09. The molecular formula is C27H39N5O4S. The Morgan fingerprint density at radius 2 is 2.00 bits per heavy atom. The van der Waals surface area contributed by atoms with Gasteiger partial charge in [-0.3, -0.25) is 19.4 Å². The minimum atomic E-state index is -0.743. The van der Waals surface area contributed by atoms with Crippen LogP contribution in [0.15, 0.2) is 35.8 Å². The number of thiophene rings is 1. The minimum absolute atomic E-state index is 0.0575. The first-order chi connectivity index (χ1) is 17.8. The van der Waals surface area contributed by atoms with Gasteiger partial charge in [0.25, 0.3) is 0 Å². The summed E-state index contributed by atoms with van der Waals surface area (Å²) in [6.45, 7) is 7.03. The molecule has 3 heterocycles. The summed E-state index contributed by atoms with van der Waals surface area (Å²) in [6.07, 6.45) is 4.23. The first-order valence-electron chi connectivity index (χ1n) is 13.0. The average Bonchev–Trinajstić information content (AvgIpc) is 3.42. The van der Waals surface area contributed by atoms with Gasteiger partial charge in [0.1, 0.15) is 24.4 Å². The molecule has 1 aliphatic heterocycles. The zero-order chi connectivity index (χ0) is 26.8. The van der Waals surface area contributed by atoms with Gasteiger partial charge in [-0.1, -0.05) is 26.3 Å². The molecule has 1 unspecified atom stereocenters. The molecule has 0 spiro atoms. The zero-order valence-electron chi connectivity index (χ0n) is 22.2. The number of likely N-dealkylation sites (N-methyl/N-ethyl adjacent to an activating group) is 1. The first kappa shape index (κ1) is 28.6. The maximum absolute atomic E-state index is 13.5. The molecule has 0 saturated heterocycles. The minimum Gasteiger partial charge on any atom is -0.490 e. The molecule has 202 valence electrons. The van der Waals surface area contributed by atoms with Crippen LogP contribution < -0.4 is 20.7 Å². The van der Waals surface area contributed by atoms with Crippen LogP contribution in [0.4, 0.5) is 0 Å². The summed E-state index contributed by atoms with van der Waals surface area (Å²) in [5.74, 6) is -0.0167. The third-order valence-corrected chi connectivity index (χ3v) is 7.77. The largest absolute Gasteiger partial charge is 0.490 e. The lowest BCUT2D eigenvalue weighted by Gasteiger charge is -2.32. The van der Waals surface area contributed by atoms with Gasteiger partial charge in [0, 0.05) is 37.6 Å². The smallest absolute Gasteiger partial charge is 0.243 e. The molecule has 0 bridgehead atoms. The van der Waals surface area contributed by atoms with E-state index >= 15 is 0 Å².